The third-order valence-electron chi connectivity index (χ3n) is 4.76. The first kappa shape index (κ1) is 18.0. The zero-order chi connectivity index (χ0) is 15.1. The minimum Gasteiger partial charge on any atom is -0.317 e. The van der Waals surface area contributed by atoms with Crippen molar-refractivity contribution < 1.29 is 13.8 Å². The topological polar surface area (TPSA) is 29.1 Å². The number of hydrogen-bond acceptors (Lipinski definition) is 2. The molecular formula is C15H34N3OP+2. The lowest BCUT2D eigenvalue weighted by atomic mass is 10.1. The number of quaternary nitrogens is 2. The van der Waals surface area contributed by atoms with Crippen LogP contribution in [0, 0.1) is 0 Å². The number of carbonyl (C=O) groups is 1. The molecule has 118 valence electrons. The predicted octanol–water partition coefficient (Wildman–Crippen LogP) is 1.07. The molecule has 0 aliphatic carbocycles. The van der Waals surface area contributed by atoms with E-state index in [2.05, 4.69) is 35.6 Å². The van der Waals surface area contributed by atoms with E-state index in [9.17, 15) is 4.79 Å². The summed E-state index contributed by atoms with van der Waals surface area (Å²) in [5.41, 5.74) is 0.146. The Hall–Kier alpha value is -0.0200. The van der Waals surface area contributed by atoms with Crippen molar-refractivity contribution in [1.29, 1.82) is 0 Å². The van der Waals surface area contributed by atoms with Gasteiger partial charge in [-0.15, -0.1) is 0 Å². The highest BCUT2D eigenvalue weighted by atomic mass is 31.0. The van der Waals surface area contributed by atoms with Crippen molar-refractivity contribution in [3.8, 4) is 0 Å². The van der Waals surface area contributed by atoms with E-state index in [4.69, 9.17) is 0 Å². The maximum absolute atomic E-state index is 10.8. The van der Waals surface area contributed by atoms with Crippen LogP contribution >= 0.6 is 9.24 Å². The molecule has 1 heterocycles. The molecule has 0 bridgehead atoms. The lowest BCUT2D eigenvalue weighted by Crippen LogP contribution is -2.64. The van der Waals surface area contributed by atoms with Crippen LogP contribution in [0.3, 0.4) is 0 Å². The fourth-order valence-corrected chi connectivity index (χ4v) is 3.12. The lowest BCUT2D eigenvalue weighted by Gasteiger charge is -2.46. The van der Waals surface area contributed by atoms with Gasteiger partial charge >= 0.3 is 0 Å². The van der Waals surface area contributed by atoms with Crippen LogP contribution in [0.4, 0.5) is 0 Å². The van der Waals surface area contributed by atoms with Crippen molar-refractivity contribution in [2.24, 2.45) is 0 Å². The van der Waals surface area contributed by atoms with E-state index in [0.717, 1.165) is 13.0 Å². The van der Waals surface area contributed by atoms with Gasteiger partial charge in [0.2, 0.25) is 0 Å². The normalized spacial score (nSPS) is 30.4. The minimum absolute atomic E-state index is 0.146. The third kappa shape index (κ3) is 6.62. The number of carbonyl (C=O) groups excluding carboxylic acids is 1. The van der Waals surface area contributed by atoms with Gasteiger partial charge in [-0.3, -0.25) is 4.79 Å². The fourth-order valence-electron chi connectivity index (χ4n) is 2.97. The Morgan fingerprint density at radius 3 is 2.00 bits per heavy atom. The second kappa shape index (κ2) is 8.43. The highest BCUT2D eigenvalue weighted by molar-refractivity contribution is 7.40. The molecule has 1 aliphatic heterocycles. The van der Waals surface area contributed by atoms with E-state index in [1.165, 1.54) is 61.1 Å². The van der Waals surface area contributed by atoms with Crippen LogP contribution in [0.15, 0.2) is 0 Å². The number of likely N-dealkylation sites (N-methyl/N-ethyl adjacent to an activating group) is 2. The molecule has 1 atom stereocenters. The van der Waals surface area contributed by atoms with Crippen LogP contribution in [-0.4, -0.2) is 80.9 Å². The smallest absolute Gasteiger partial charge is 0.161 e. The highest BCUT2D eigenvalue weighted by Gasteiger charge is 2.36. The molecule has 4 nitrogen and oxygen atoms in total. The molecule has 1 unspecified atom stereocenters. The lowest BCUT2D eigenvalue weighted by molar-refractivity contribution is -1.02. The monoisotopic (exact) mass is 303 g/mol. The molecule has 1 aliphatic rings. The summed E-state index contributed by atoms with van der Waals surface area (Å²) in [7, 11) is 7.03. The van der Waals surface area contributed by atoms with Gasteiger partial charge in [-0.25, -0.2) is 0 Å². The van der Waals surface area contributed by atoms with Crippen LogP contribution in [-0.2, 0) is 4.79 Å². The molecule has 0 aromatic carbocycles. The first-order valence-electron chi connectivity index (χ1n) is 8.05. The van der Waals surface area contributed by atoms with Gasteiger partial charge < -0.3 is 14.3 Å². The molecule has 0 radical (unpaired) electrons. The second-order valence-corrected chi connectivity index (χ2v) is 7.57. The third-order valence-corrected chi connectivity index (χ3v) is 4.97. The van der Waals surface area contributed by atoms with Crippen molar-refractivity contribution in [3.63, 3.8) is 0 Å². The van der Waals surface area contributed by atoms with Crippen molar-refractivity contribution in [2.45, 2.75) is 26.2 Å². The van der Waals surface area contributed by atoms with Gasteiger partial charge in [0.1, 0.15) is 26.2 Å². The van der Waals surface area contributed by atoms with E-state index >= 15 is 0 Å². The van der Waals surface area contributed by atoms with E-state index < -0.39 is 0 Å². The Kier molecular flexibility index (Phi) is 7.60. The summed E-state index contributed by atoms with van der Waals surface area (Å²) in [6, 6.07) is 0. The summed E-state index contributed by atoms with van der Waals surface area (Å²) < 4.78 is 2.47. The van der Waals surface area contributed by atoms with Crippen LogP contribution in [0.5, 0.6) is 0 Å². The maximum Gasteiger partial charge on any atom is 0.161 e. The van der Waals surface area contributed by atoms with Gasteiger partial charge in [-0.2, -0.15) is 0 Å². The molecule has 0 amide bonds. The molecular weight excluding hydrogens is 269 g/mol. The first-order valence-corrected chi connectivity index (χ1v) is 8.63. The number of rotatable bonds is 9. The summed E-state index contributed by atoms with van der Waals surface area (Å²) in [6.07, 6.45) is 3.82. The van der Waals surface area contributed by atoms with Gasteiger partial charge in [-0.05, 0) is 6.42 Å². The molecule has 0 aromatic heterocycles. The first-order chi connectivity index (χ1) is 9.39. The molecule has 0 spiro atoms. The Bertz CT molecular complexity index is 301. The van der Waals surface area contributed by atoms with E-state index in [1.54, 1.807) is 0 Å². The van der Waals surface area contributed by atoms with Crippen molar-refractivity contribution >= 4 is 14.8 Å². The standard InChI is InChI=1S/C15H34N3OP/c1-4-5-8-17(2)10-12-18(3,13-11-17)9-6-7-16-14-15(19)20/h16H,4-14,20H2,1-3H3/q+2. The molecule has 1 saturated heterocycles. The van der Waals surface area contributed by atoms with E-state index in [0.29, 0.717) is 6.54 Å². The highest BCUT2D eigenvalue weighted by Crippen LogP contribution is 2.17. The van der Waals surface area contributed by atoms with Crippen LogP contribution in [0.25, 0.3) is 0 Å². The van der Waals surface area contributed by atoms with Gasteiger partial charge in [0, 0.05) is 13.0 Å². The molecule has 0 aromatic rings. The Morgan fingerprint density at radius 2 is 1.55 bits per heavy atom. The number of nitrogens with one attached hydrogen (secondary N) is 1. The van der Waals surface area contributed by atoms with Crippen LogP contribution in [0.2, 0.25) is 0 Å². The average Bonchev–Trinajstić information content (AvgIpc) is 2.40. The summed E-state index contributed by atoms with van der Waals surface area (Å²) in [6.45, 7) is 11.5. The number of nitrogens with zero attached hydrogens (tertiary/aromatic N) is 2. The van der Waals surface area contributed by atoms with Crippen molar-refractivity contribution in [1.82, 2.24) is 5.32 Å². The van der Waals surface area contributed by atoms with Crippen molar-refractivity contribution in [3.05, 3.63) is 0 Å². The summed E-state index contributed by atoms with van der Waals surface area (Å²) in [5, 5.41) is 3.20. The van der Waals surface area contributed by atoms with Gasteiger partial charge in [0.05, 0.1) is 33.7 Å². The maximum atomic E-state index is 10.8. The zero-order valence-corrected chi connectivity index (χ0v) is 14.8. The molecule has 1 N–H and O–H groups in total. The Balaban J connectivity index is 2.22. The molecule has 5 heteroatoms. The van der Waals surface area contributed by atoms with Gasteiger partial charge in [-0.1, -0.05) is 22.6 Å². The quantitative estimate of drug-likeness (QED) is 0.392. The average molecular weight is 303 g/mol. The SMILES string of the molecule is CCCC[N+]1(C)CC[N+](C)(CCCNCC(=O)P)CC1. The molecule has 1 fully saturated rings. The summed E-state index contributed by atoms with van der Waals surface area (Å²) in [5.74, 6) is 0. The largest absolute Gasteiger partial charge is 0.317 e. The fraction of sp³-hybridized carbons (Fsp3) is 0.933. The van der Waals surface area contributed by atoms with Crippen LogP contribution in [0.1, 0.15) is 26.2 Å². The zero-order valence-electron chi connectivity index (χ0n) is 13.7. The number of hydrogen-bond donors (Lipinski definition) is 1. The number of unbranched alkanes of at least 4 members (excludes halogenated alkanes) is 1. The van der Waals surface area contributed by atoms with Gasteiger partial charge in [0.15, 0.2) is 5.52 Å². The van der Waals surface area contributed by atoms with Crippen molar-refractivity contribution in [2.75, 3.05) is 66.5 Å². The van der Waals surface area contributed by atoms with Gasteiger partial charge in [0.25, 0.3) is 0 Å². The molecule has 20 heavy (non-hydrogen) atoms. The van der Waals surface area contributed by atoms with Crippen LogP contribution < -0.4 is 5.32 Å². The number of piperazine rings is 1. The van der Waals surface area contributed by atoms with E-state index in [-0.39, 0.29) is 5.52 Å². The minimum atomic E-state index is 0.146. The second-order valence-electron chi connectivity index (χ2n) is 6.93. The Morgan fingerprint density at radius 1 is 1.05 bits per heavy atom. The summed E-state index contributed by atoms with van der Waals surface area (Å²) >= 11 is 0. The summed E-state index contributed by atoms with van der Waals surface area (Å²) in [4.78, 5) is 10.8. The predicted molar refractivity (Wildman–Crippen MR) is 88.7 cm³/mol. The molecule has 1 rings (SSSR count). The molecule has 0 saturated carbocycles. The Labute approximate surface area is 127 Å². The van der Waals surface area contributed by atoms with E-state index in [1.807, 2.05) is 0 Å².